The molecule has 132 valence electrons. The van der Waals surface area contributed by atoms with E-state index >= 15 is 0 Å². The van der Waals surface area contributed by atoms with Crippen LogP contribution in [0, 0.1) is 5.92 Å². The Bertz CT molecular complexity index is 682. The number of carbonyl (C=O) groups excluding carboxylic acids is 1. The number of rotatable bonds is 6. The average Bonchev–Trinajstić information content (AvgIpc) is 3.24. The van der Waals surface area contributed by atoms with Gasteiger partial charge in [-0.3, -0.25) is 4.79 Å². The molecular formula is C17H25N3O3S. The maximum Gasteiger partial charge on any atom is 0.240 e. The second-order valence-corrected chi connectivity index (χ2v) is 8.36. The lowest BCUT2D eigenvalue weighted by Crippen LogP contribution is -2.44. The van der Waals surface area contributed by atoms with E-state index in [1.165, 1.54) is 0 Å². The quantitative estimate of drug-likeness (QED) is 0.814. The number of hydrogen-bond donors (Lipinski definition) is 2. The molecule has 2 fully saturated rings. The van der Waals surface area contributed by atoms with Gasteiger partial charge in [-0.1, -0.05) is 12.8 Å². The normalized spacial score (nSPS) is 20.7. The molecule has 7 heteroatoms. The Labute approximate surface area is 143 Å². The van der Waals surface area contributed by atoms with E-state index in [1.54, 1.807) is 29.2 Å². The maximum atomic E-state index is 12.6. The SMILES string of the molecule is NCC(NS(=O)(=O)c1ccc(N2CCCC2=O)cc1)C1CCCC1. The minimum Gasteiger partial charge on any atom is -0.329 e. The fraction of sp³-hybridized carbons (Fsp3) is 0.588. The van der Waals surface area contributed by atoms with E-state index in [4.69, 9.17) is 5.73 Å². The molecule has 1 unspecified atom stereocenters. The van der Waals surface area contributed by atoms with Crippen LogP contribution in [0.5, 0.6) is 0 Å². The molecule has 1 aromatic rings. The lowest BCUT2D eigenvalue weighted by molar-refractivity contribution is -0.117. The zero-order valence-corrected chi connectivity index (χ0v) is 14.6. The van der Waals surface area contributed by atoms with Gasteiger partial charge in [0.05, 0.1) is 4.90 Å². The zero-order chi connectivity index (χ0) is 17.2. The van der Waals surface area contributed by atoms with Gasteiger partial charge in [0.1, 0.15) is 0 Å². The number of benzene rings is 1. The van der Waals surface area contributed by atoms with Gasteiger partial charge in [-0.2, -0.15) is 0 Å². The van der Waals surface area contributed by atoms with Crippen molar-refractivity contribution >= 4 is 21.6 Å². The van der Waals surface area contributed by atoms with Gasteiger partial charge in [0.2, 0.25) is 15.9 Å². The maximum absolute atomic E-state index is 12.6. The molecule has 2 aliphatic rings. The molecule has 0 bridgehead atoms. The van der Waals surface area contributed by atoms with Gasteiger partial charge in [-0.05, 0) is 49.4 Å². The highest BCUT2D eigenvalue weighted by atomic mass is 32.2. The van der Waals surface area contributed by atoms with Gasteiger partial charge in [0, 0.05) is 31.2 Å². The Morgan fingerprint density at radius 3 is 2.38 bits per heavy atom. The van der Waals surface area contributed by atoms with E-state index in [2.05, 4.69) is 4.72 Å². The summed E-state index contributed by atoms with van der Waals surface area (Å²) >= 11 is 0. The fourth-order valence-electron chi connectivity index (χ4n) is 3.69. The first kappa shape index (κ1) is 17.4. The van der Waals surface area contributed by atoms with Gasteiger partial charge >= 0.3 is 0 Å². The van der Waals surface area contributed by atoms with E-state index in [0.717, 1.165) is 37.8 Å². The summed E-state index contributed by atoms with van der Waals surface area (Å²) in [5.41, 5.74) is 6.54. The summed E-state index contributed by atoms with van der Waals surface area (Å²) in [6.07, 6.45) is 5.74. The number of sulfonamides is 1. The molecule has 1 aromatic carbocycles. The van der Waals surface area contributed by atoms with Crippen LogP contribution in [0.2, 0.25) is 0 Å². The average molecular weight is 351 g/mol. The number of carbonyl (C=O) groups is 1. The minimum absolute atomic E-state index is 0.0909. The van der Waals surface area contributed by atoms with Crippen molar-refractivity contribution in [3.63, 3.8) is 0 Å². The van der Waals surface area contributed by atoms with Crippen LogP contribution in [0.15, 0.2) is 29.2 Å². The molecule has 0 radical (unpaired) electrons. The summed E-state index contributed by atoms with van der Waals surface area (Å²) in [5, 5.41) is 0. The van der Waals surface area contributed by atoms with E-state index in [9.17, 15) is 13.2 Å². The molecule has 1 heterocycles. The van der Waals surface area contributed by atoms with E-state index in [-0.39, 0.29) is 16.8 Å². The van der Waals surface area contributed by atoms with Gasteiger partial charge in [0.25, 0.3) is 0 Å². The molecule has 1 aliphatic heterocycles. The molecule has 0 aromatic heterocycles. The molecule has 1 amide bonds. The first-order chi connectivity index (χ1) is 11.5. The van der Waals surface area contributed by atoms with Crippen molar-refractivity contribution in [3.05, 3.63) is 24.3 Å². The smallest absolute Gasteiger partial charge is 0.240 e. The molecule has 6 nitrogen and oxygen atoms in total. The third-order valence-corrected chi connectivity index (χ3v) is 6.57. The highest BCUT2D eigenvalue weighted by Crippen LogP contribution is 2.28. The highest BCUT2D eigenvalue weighted by Gasteiger charge is 2.28. The number of amides is 1. The number of anilines is 1. The first-order valence-electron chi connectivity index (χ1n) is 8.64. The second-order valence-electron chi connectivity index (χ2n) is 6.65. The van der Waals surface area contributed by atoms with Crippen LogP contribution >= 0.6 is 0 Å². The summed E-state index contributed by atoms with van der Waals surface area (Å²) in [7, 11) is -3.60. The van der Waals surface area contributed by atoms with E-state index in [1.807, 2.05) is 0 Å². The summed E-state index contributed by atoms with van der Waals surface area (Å²) in [5.74, 6) is 0.416. The lowest BCUT2D eigenvalue weighted by atomic mass is 9.99. The molecule has 0 spiro atoms. The summed E-state index contributed by atoms with van der Waals surface area (Å²) in [6, 6.07) is 6.31. The van der Waals surface area contributed by atoms with Crippen molar-refractivity contribution in [2.45, 2.75) is 49.5 Å². The van der Waals surface area contributed by atoms with Crippen molar-refractivity contribution in [3.8, 4) is 0 Å². The number of nitrogens with zero attached hydrogens (tertiary/aromatic N) is 1. The van der Waals surface area contributed by atoms with Crippen molar-refractivity contribution < 1.29 is 13.2 Å². The van der Waals surface area contributed by atoms with E-state index in [0.29, 0.717) is 25.4 Å². The van der Waals surface area contributed by atoms with Crippen LogP contribution in [-0.2, 0) is 14.8 Å². The minimum atomic E-state index is -3.60. The topological polar surface area (TPSA) is 92.5 Å². The molecule has 3 N–H and O–H groups in total. The monoisotopic (exact) mass is 351 g/mol. The van der Waals surface area contributed by atoms with Crippen molar-refractivity contribution in [2.24, 2.45) is 11.7 Å². The van der Waals surface area contributed by atoms with Gasteiger partial charge < -0.3 is 10.6 Å². The number of hydrogen-bond acceptors (Lipinski definition) is 4. The molecule has 1 aliphatic carbocycles. The van der Waals surface area contributed by atoms with E-state index < -0.39 is 10.0 Å². The van der Waals surface area contributed by atoms with Crippen LogP contribution < -0.4 is 15.4 Å². The Balaban J connectivity index is 1.73. The Morgan fingerprint density at radius 1 is 1.17 bits per heavy atom. The number of nitrogens with two attached hydrogens (primary N) is 1. The zero-order valence-electron chi connectivity index (χ0n) is 13.8. The summed E-state index contributed by atoms with van der Waals surface area (Å²) in [6.45, 7) is 1.00. The Kier molecular flexibility index (Phi) is 5.22. The van der Waals surface area contributed by atoms with Crippen molar-refractivity contribution in [1.29, 1.82) is 0 Å². The largest absolute Gasteiger partial charge is 0.329 e. The molecule has 1 saturated carbocycles. The third kappa shape index (κ3) is 3.63. The van der Waals surface area contributed by atoms with Crippen LogP contribution in [0.4, 0.5) is 5.69 Å². The molecule has 24 heavy (non-hydrogen) atoms. The van der Waals surface area contributed by atoms with Crippen LogP contribution in [0.3, 0.4) is 0 Å². The van der Waals surface area contributed by atoms with Crippen LogP contribution in [0.25, 0.3) is 0 Å². The van der Waals surface area contributed by atoms with Gasteiger partial charge in [-0.15, -0.1) is 0 Å². The predicted octanol–water partition coefficient (Wildman–Crippen LogP) is 1.61. The Morgan fingerprint density at radius 2 is 1.83 bits per heavy atom. The number of nitrogens with one attached hydrogen (secondary N) is 1. The first-order valence-corrected chi connectivity index (χ1v) is 10.1. The van der Waals surface area contributed by atoms with Gasteiger partial charge in [-0.25, -0.2) is 13.1 Å². The third-order valence-electron chi connectivity index (χ3n) is 5.06. The molecular weight excluding hydrogens is 326 g/mol. The summed E-state index contributed by atoms with van der Waals surface area (Å²) < 4.78 is 28.0. The molecule has 1 atom stereocenters. The standard InChI is InChI=1S/C17H25N3O3S/c18-12-16(13-4-1-2-5-13)19-24(22,23)15-9-7-14(8-10-15)20-11-3-6-17(20)21/h7-10,13,16,19H,1-6,11-12,18H2. The van der Waals surface area contributed by atoms with Crippen LogP contribution in [0.1, 0.15) is 38.5 Å². The second kappa shape index (κ2) is 7.21. The van der Waals surface area contributed by atoms with Crippen LogP contribution in [-0.4, -0.2) is 33.5 Å². The fourth-order valence-corrected chi connectivity index (χ4v) is 5.01. The summed E-state index contributed by atoms with van der Waals surface area (Å²) in [4.78, 5) is 13.7. The molecule has 3 rings (SSSR count). The lowest BCUT2D eigenvalue weighted by Gasteiger charge is -2.23. The highest BCUT2D eigenvalue weighted by molar-refractivity contribution is 7.89. The molecule has 1 saturated heterocycles. The van der Waals surface area contributed by atoms with Gasteiger partial charge in [0.15, 0.2) is 0 Å². The Hall–Kier alpha value is -1.44. The van der Waals surface area contributed by atoms with Crippen molar-refractivity contribution in [1.82, 2.24) is 4.72 Å². The van der Waals surface area contributed by atoms with Crippen molar-refractivity contribution in [2.75, 3.05) is 18.0 Å². The predicted molar refractivity (Wildman–Crippen MR) is 93.2 cm³/mol.